The molecule has 0 atom stereocenters. The number of benzene rings is 1. The average Bonchev–Trinajstić information content (AvgIpc) is 2.42. The summed E-state index contributed by atoms with van der Waals surface area (Å²) < 4.78 is 6.00. The minimum absolute atomic E-state index is 0.0154. The molecular weight excluding hydrogens is 318 g/mol. The Morgan fingerprint density at radius 1 is 1.37 bits per heavy atom. The number of rotatable bonds is 4. The number of nitrogens with one attached hydrogen (secondary N) is 1. The van der Waals surface area contributed by atoms with Gasteiger partial charge in [0.05, 0.1) is 15.6 Å². The molecule has 0 aliphatic heterocycles. The Morgan fingerprint density at radius 2 is 2.05 bits per heavy atom. The smallest absolute Gasteiger partial charge is 0.269 e. The summed E-state index contributed by atoms with van der Waals surface area (Å²) in [5.41, 5.74) is 2.28. The highest BCUT2D eigenvalue weighted by Gasteiger charge is 2.09. The summed E-state index contributed by atoms with van der Waals surface area (Å²) in [6, 6.07) is 5.63. The number of nitro groups is 1. The monoisotopic (exact) mass is 325 g/mol. The fourth-order valence-electron chi connectivity index (χ4n) is 1.24. The van der Waals surface area contributed by atoms with Crippen LogP contribution in [0.15, 0.2) is 34.9 Å². The minimum Gasteiger partial charge on any atom is -0.438 e. The molecule has 0 spiro atoms. The molecule has 0 radical (unpaired) electrons. The van der Waals surface area contributed by atoms with Gasteiger partial charge in [0.15, 0.2) is 0 Å². The van der Waals surface area contributed by atoms with Crippen LogP contribution in [0.4, 0.5) is 11.6 Å². The van der Waals surface area contributed by atoms with Crippen molar-refractivity contribution >= 4 is 27.6 Å². The Morgan fingerprint density at radius 3 is 2.63 bits per heavy atom. The number of nitro benzene ring substituents is 1. The van der Waals surface area contributed by atoms with E-state index in [-0.39, 0.29) is 17.5 Å². The van der Waals surface area contributed by atoms with Crippen molar-refractivity contribution in [2.45, 2.75) is 0 Å². The lowest BCUT2D eigenvalue weighted by atomic mass is 10.3. The summed E-state index contributed by atoms with van der Waals surface area (Å²) in [5.74, 6) is 6.05. The lowest BCUT2D eigenvalue weighted by Gasteiger charge is -2.07. The van der Waals surface area contributed by atoms with Crippen LogP contribution in [0.5, 0.6) is 11.6 Å². The molecule has 0 fully saturated rings. The number of nitrogen functional groups attached to an aromatic ring is 1. The van der Waals surface area contributed by atoms with Gasteiger partial charge >= 0.3 is 0 Å². The van der Waals surface area contributed by atoms with Gasteiger partial charge in [0.25, 0.3) is 5.69 Å². The molecule has 8 nitrogen and oxygen atoms in total. The standard InChI is InChI=1S/C10H8BrN5O3/c11-8-5-13-10(15-12)14-9(8)19-7-3-1-6(2-4-7)16(17)18/h1-5H,12H2,(H,13,14,15). The summed E-state index contributed by atoms with van der Waals surface area (Å²) in [7, 11) is 0. The lowest BCUT2D eigenvalue weighted by molar-refractivity contribution is -0.384. The van der Waals surface area contributed by atoms with E-state index in [1.165, 1.54) is 30.5 Å². The summed E-state index contributed by atoms with van der Waals surface area (Å²) in [6.07, 6.45) is 1.48. The number of hydrogen-bond donors (Lipinski definition) is 2. The van der Waals surface area contributed by atoms with E-state index < -0.39 is 4.92 Å². The maximum absolute atomic E-state index is 10.5. The number of hydrazine groups is 1. The molecule has 1 heterocycles. The SMILES string of the molecule is NNc1ncc(Br)c(Oc2ccc([N+](=O)[O-])cc2)n1. The van der Waals surface area contributed by atoms with Crippen molar-refractivity contribution in [1.82, 2.24) is 9.97 Å². The Bertz CT molecular complexity index is 605. The third kappa shape index (κ3) is 3.14. The first-order valence-corrected chi connectivity index (χ1v) is 5.81. The van der Waals surface area contributed by atoms with E-state index in [0.717, 1.165) is 0 Å². The maximum Gasteiger partial charge on any atom is 0.269 e. The molecule has 9 heteroatoms. The maximum atomic E-state index is 10.5. The Labute approximate surface area is 115 Å². The van der Waals surface area contributed by atoms with Crippen molar-refractivity contribution in [3.63, 3.8) is 0 Å². The van der Waals surface area contributed by atoms with Gasteiger partial charge in [-0.3, -0.25) is 15.5 Å². The van der Waals surface area contributed by atoms with Crippen LogP contribution < -0.4 is 16.0 Å². The average molecular weight is 326 g/mol. The van der Waals surface area contributed by atoms with Crippen molar-refractivity contribution < 1.29 is 9.66 Å². The van der Waals surface area contributed by atoms with E-state index in [0.29, 0.717) is 10.2 Å². The van der Waals surface area contributed by atoms with Gasteiger partial charge in [-0.25, -0.2) is 10.8 Å². The minimum atomic E-state index is -0.485. The third-order valence-corrected chi connectivity index (χ3v) is 2.65. The van der Waals surface area contributed by atoms with Gasteiger partial charge in [-0.05, 0) is 28.1 Å². The molecule has 0 amide bonds. The van der Waals surface area contributed by atoms with Crippen molar-refractivity contribution in [1.29, 1.82) is 0 Å². The summed E-state index contributed by atoms with van der Waals surface area (Å²) in [4.78, 5) is 17.9. The fourth-order valence-corrected chi connectivity index (χ4v) is 1.51. The zero-order chi connectivity index (χ0) is 13.8. The molecule has 0 aliphatic carbocycles. The molecule has 2 aromatic rings. The van der Waals surface area contributed by atoms with E-state index in [1.54, 1.807) is 0 Å². The first-order chi connectivity index (χ1) is 9.10. The third-order valence-electron chi connectivity index (χ3n) is 2.10. The Kier molecular flexibility index (Phi) is 3.88. The first kappa shape index (κ1) is 13.2. The fraction of sp³-hybridized carbons (Fsp3) is 0. The highest BCUT2D eigenvalue weighted by Crippen LogP contribution is 2.28. The predicted molar refractivity (Wildman–Crippen MR) is 70.7 cm³/mol. The molecule has 0 aliphatic rings. The molecule has 1 aromatic heterocycles. The van der Waals surface area contributed by atoms with Crippen molar-refractivity contribution in [2.75, 3.05) is 5.43 Å². The summed E-state index contributed by atoms with van der Waals surface area (Å²) >= 11 is 3.23. The number of halogens is 1. The zero-order valence-electron chi connectivity index (χ0n) is 9.41. The Balaban J connectivity index is 2.23. The molecule has 0 bridgehead atoms. The van der Waals surface area contributed by atoms with E-state index in [4.69, 9.17) is 10.6 Å². The second-order valence-electron chi connectivity index (χ2n) is 3.34. The van der Waals surface area contributed by atoms with Crippen molar-refractivity contribution in [2.24, 2.45) is 5.84 Å². The first-order valence-electron chi connectivity index (χ1n) is 5.01. The van der Waals surface area contributed by atoms with Crippen LogP contribution in [-0.4, -0.2) is 14.9 Å². The number of hydrogen-bond acceptors (Lipinski definition) is 7. The number of non-ortho nitro benzene ring substituents is 1. The van der Waals surface area contributed by atoms with Gasteiger partial charge < -0.3 is 4.74 Å². The second kappa shape index (κ2) is 5.59. The summed E-state index contributed by atoms with van der Waals surface area (Å²) in [6.45, 7) is 0. The van der Waals surface area contributed by atoms with Gasteiger partial charge in [0.2, 0.25) is 11.8 Å². The molecular formula is C10H8BrN5O3. The second-order valence-corrected chi connectivity index (χ2v) is 4.20. The van der Waals surface area contributed by atoms with Crippen LogP contribution in [0, 0.1) is 10.1 Å². The van der Waals surface area contributed by atoms with Gasteiger partial charge in [-0.1, -0.05) is 0 Å². The molecule has 3 N–H and O–H groups in total. The van der Waals surface area contributed by atoms with Crippen LogP contribution in [0.2, 0.25) is 0 Å². The number of anilines is 1. The van der Waals surface area contributed by atoms with E-state index >= 15 is 0 Å². The number of nitrogens with two attached hydrogens (primary N) is 1. The van der Waals surface area contributed by atoms with Crippen LogP contribution >= 0.6 is 15.9 Å². The van der Waals surface area contributed by atoms with E-state index in [9.17, 15) is 10.1 Å². The molecule has 2 rings (SSSR count). The topological polar surface area (TPSA) is 116 Å². The summed E-state index contributed by atoms with van der Waals surface area (Å²) in [5, 5.41) is 10.5. The zero-order valence-corrected chi connectivity index (χ0v) is 11.0. The molecule has 1 aromatic carbocycles. The lowest BCUT2D eigenvalue weighted by Crippen LogP contribution is -2.10. The molecule has 98 valence electrons. The van der Waals surface area contributed by atoms with E-state index in [1.807, 2.05) is 0 Å². The number of ether oxygens (including phenoxy) is 1. The highest BCUT2D eigenvalue weighted by molar-refractivity contribution is 9.10. The Hall–Kier alpha value is -2.26. The molecule has 0 unspecified atom stereocenters. The van der Waals surface area contributed by atoms with Gasteiger partial charge in [0.1, 0.15) is 5.75 Å². The van der Waals surface area contributed by atoms with Crippen molar-refractivity contribution in [3.8, 4) is 11.6 Å². The quantitative estimate of drug-likeness (QED) is 0.502. The van der Waals surface area contributed by atoms with Gasteiger partial charge in [-0.15, -0.1) is 0 Å². The van der Waals surface area contributed by atoms with Gasteiger partial charge in [-0.2, -0.15) is 4.98 Å². The molecule has 0 saturated carbocycles. The molecule has 0 saturated heterocycles. The highest BCUT2D eigenvalue weighted by atomic mass is 79.9. The van der Waals surface area contributed by atoms with Crippen LogP contribution in [0.25, 0.3) is 0 Å². The van der Waals surface area contributed by atoms with Crippen LogP contribution in [0.1, 0.15) is 0 Å². The predicted octanol–water partition coefficient (Wildman–Crippen LogP) is 2.23. The largest absolute Gasteiger partial charge is 0.438 e. The normalized spacial score (nSPS) is 10.0. The van der Waals surface area contributed by atoms with Crippen LogP contribution in [0.3, 0.4) is 0 Å². The van der Waals surface area contributed by atoms with Crippen molar-refractivity contribution in [3.05, 3.63) is 45.0 Å². The van der Waals surface area contributed by atoms with E-state index in [2.05, 4.69) is 31.3 Å². The number of nitrogens with zero attached hydrogens (tertiary/aromatic N) is 3. The molecule has 19 heavy (non-hydrogen) atoms. The number of aromatic nitrogens is 2. The van der Waals surface area contributed by atoms with Crippen LogP contribution in [-0.2, 0) is 0 Å². The van der Waals surface area contributed by atoms with Gasteiger partial charge in [0, 0.05) is 12.1 Å².